The molecule has 6 nitrogen and oxygen atoms in total. The first-order valence-corrected chi connectivity index (χ1v) is 29.4. The van der Waals surface area contributed by atoms with Gasteiger partial charge in [-0.15, -0.1) is 0 Å². The van der Waals surface area contributed by atoms with Crippen molar-refractivity contribution in [3.63, 3.8) is 0 Å². The van der Waals surface area contributed by atoms with Crippen LogP contribution in [0, 0.1) is 0 Å². The minimum Gasteiger partial charge on any atom is -0.462 e. The summed E-state index contributed by atoms with van der Waals surface area (Å²) in [4.78, 5) is 38.2. The summed E-state index contributed by atoms with van der Waals surface area (Å²) in [5.74, 6) is -0.905. The van der Waals surface area contributed by atoms with Gasteiger partial charge in [0.05, 0.1) is 0 Å². The first-order chi connectivity index (χ1) is 34.0. The highest BCUT2D eigenvalue weighted by Crippen LogP contribution is 2.16. The van der Waals surface area contributed by atoms with E-state index < -0.39 is 6.10 Å². The molecule has 0 saturated carbocycles. The standard InChI is InChI=1S/C63H110O6/c1-4-7-10-13-16-19-22-25-28-31-34-37-40-43-46-49-52-55-61(64)67-58-60(69-63(66)57-54-51-48-45-42-39-36-33-30-27-24-21-18-15-12-9-6-3)59-68-62(65)56-53-50-47-44-41-38-35-32-29-26-23-20-17-14-11-8-5-2/h7,10,16-17,19-20,25-26,28-29,34,37,60H,4-6,8-9,11-15,18,21-24,27,30-33,35-36,38-59H2,1-3H3/b10-7-,19-16-,20-17-,28-25-,29-26-,37-34-/t60-/m1/s1. The summed E-state index contributed by atoms with van der Waals surface area (Å²) in [7, 11) is 0. The minimum absolute atomic E-state index is 0.0854. The quantitative estimate of drug-likeness (QED) is 0.0262. The summed E-state index contributed by atoms with van der Waals surface area (Å²) in [6, 6.07) is 0. The Morgan fingerprint density at radius 2 is 0.565 bits per heavy atom. The van der Waals surface area contributed by atoms with Crippen molar-refractivity contribution < 1.29 is 28.6 Å². The Balaban J connectivity index is 4.42. The number of ether oxygens (including phenoxy) is 3. The van der Waals surface area contributed by atoms with Gasteiger partial charge >= 0.3 is 17.9 Å². The number of hydrogen-bond donors (Lipinski definition) is 0. The second-order valence-electron chi connectivity index (χ2n) is 19.5. The van der Waals surface area contributed by atoms with Crippen LogP contribution in [0.25, 0.3) is 0 Å². The molecule has 0 bridgehead atoms. The summed E-state index contributed by atoms with van der Waals surface area (Å²) in [5, 5.41) is 0. The summed E-state index contributed by atoms with van der Waals surface area (Å²) >= 11 is 0. The molecular weight excluding hydrogens is 853 g/mol. The van der Waals surface area contributed by atoms with Gasteiger partial charge in [-0.1, -0.05) is 254 Å². The molecule has 0 aromatic heterocycles. The number of esters is 3. The van der Waals surface area contributed by atoms with Gasteiger partial charge in [0.25, 0.3) is 0 Å². The van der Waals surface area contributed by atoms with Gasteiger partial charge in [-0.2, -0.15) is 0 Å². The van der Waals surface area contributed by atoms with Crippen molar-refractivity contribution in [3.8, 4) is 0 Å². The normalized spacial score (nSPS) is 12.6. The fourth-order valence-corrected chi connectivity index (χ4v) is 8.29. The van der Waals surface area contributed by atoms with Gasteiger partial charge in [0, 0.05) is 19.3 Å². The van der Waals surface area contributed by atoms with Crippen molar-refractivity contribution in [2.75, 3.05) is 13.2 Å². The van der Waals surface area contributed by atoms with Crippen LogP contribution in [0.2, 0.25) is 0 Å². The van der Waals surface area contributed by atoms with Crippen molar-refractivity contribution in [2.24, 2.45) is 0 Å². The van der Waals surface area contributed by atoms with Gasteiger partial charge in [0.15, 0.2) is 6.10 Å². The highest BCUT2D eigenvalue weighted by atomic mass is 16.6. The van der Waals surface area contributed by atoms with E-state index in [1.165, 1.54) is 141 Å². The van der Waals surface area contributed by atoms with Crippen LogP contribution in [0.1, 0.15) is 290 Å². The molecule has 0 spiro atoms. The Morgan fingerprint density at radius 1 is 0.304 bits per heavy atom. The molecule has 0 radical (unpaired) electrons. The first-order valence-electron chi connectivity index (χ1n) is 29.4. The van der Waals surface area contributed by atoms with Crippen LogP contribution in [0.3, 0.4) is 0 Å². The number of allylic oxidation sites excluding steroid dienone is 12. The first kappa shape index (κ1) is 65.8. The lowest BCUT2D eigenvalue weighted by Gasteiger charge is -2.18. The SMILES string of the molecule is CC/C=C\C/C=C\C/C=C\C/C=C\CCCCCCC(=O)OC[C@H](COC(=O)CCCCCCCCC/C=C\C/C=C\CCCCC)OC(=O)CCCCCCCCCCCCCCCCCCC. The number of hydrogen-bond acceptors (Lipinski definition) is 6. The second kappa shape index (κ2) is 57.4. The molecule has 69 heavy (non-hydrogen) atoms. The van der Waals surface area contributed by atoms with Crippen molar-refractivity contribution in [2.45, 2.75) is 297 Å². The Bertz CT molecular complexity index is 1290. The third-order valence-corrected chi connectivity index (χ3v) is 12.7. The van der Waals surface area contributed by atoms with E-state index in [-0.39, 0.29) is 31.1 Å². The van der Waals surface area contributed by atoms with E-state index in [1.807, 2.05) is 0 Å². The number of carbonyl (C=O) groups excluding carboxylic acids is 3. The highest BCUT2D eigenvalue weighted by Gasteiger charge is 2.19. The topological polar surface area (TPSA) is 78.9 Å². The van der Waals surface area contributed by atoms with Gasteiger partial charge in [-0.05, 0) is 89.9 Å². The fourth-order valence-electron chi connectivity index (χ4n) is 8.29. The average Bonchev–Trinajstić information content (AvgIpc) is 3.35. The predicted molar refractivity (Wildman–Crippen MR) is 298 cm³/mol. The van der Waals surface area contributed by atoms with Crippen LogP contribution in [0.4, 0.5) is 0 Å². The summed E-state index contributed by atoms with van der Waals surface area (Å²) < 4.78 is 16.9. The number of unbranched alkanes of at least 4 members (excludes halogenated alkanes) is 30. The molecule has 1 atom stereocenters. The molecule has 0 unspecified atom stereocenters. The Kier molecular flexibility index (Phi) is 54.8. The van der Waals surface area contributed by atoms with E-state index in [4.69, 9.17) is 14.2 Å². The smallest absolute Gasteiger partial charge is 0.306 e. The molecule has 0 amide bonds. The van der Waals surface area contributed by atoms with Crippen LogP contribution in [-0.2, 0) is 28.6 Å². The maximum atomic E-state index is 12.9. The van der Waals surface area contributed by atoms with Crippen LogP contribution in [0.5, 0.6) is 0 Å². The van der Waals surface area contributed by atoms with Gasteiger partial charge in [-0.25, -0.2) is 0 Å². The van der Waals surface area contributed by atoms with E-state index >= 15 is 0 Å². The molecule has 0 aromatic rings. The van der Waals surface area contributed by atoms with E-state index in [1.54, 1.807) is 0 Å². The molecule has 0 aliphatic heterocycles. The number of carbonyl (C=O) groups is 3. The molecular formula is C63H110O6. The minimum atomic E-state index is -0.788. The predicted octanol–water partition coefficient (Wildman–Crippen LogP) is 19.8. The van der Waals surface area contributed by atoms with Crippen molar-refractivity contribution in [1.29, 1.82) is 0 Å². The zero-order valence-electron chi connectivity index (χ0n) is 45.6. The maximum Gasteiger partial charge on any atom is 0.306 e. The zero-order chi connectivity index (χ0) is 50.0. The lowest BCUT2D eigenvalue weighted by molar-refractivity contribution is -0.167. The Morgan fingerprint density at radius 3 is 0.913 bits per heavy atom. The Hall–Kier alpha value is -3.15. The summed E-state index contributed by atoms with van der Waals surface area (Å²) in [6.07, 6.45) is 73.2. The molecule has 6 heteroatoms. The van der Waals surface area contributed by atoms with Crippen molar-refractivity contribution in [1.82, 2.24) is 0 Å². The molecule has 0 fully saturated rings. The second-order valence-corrected chi connectivity index (χ2v) is 19.5. The molecule has 0 heterocycles. The lowest BCUT2D eigenvalue weighted by atomic mass is 10.0. The van der Waals surface area contributed by atoms with Crippen LogP contribution in [-0.4, -0.2) is 37.2 Å². The largest absolute Gasteiger partial charge is 0.462 e. The van der Waals surface area contributed by atoms with E-state index in [9.17, 15) is 14.4 Å². The third-order valence-electron chi connectivity index (χ3n) is 12.7. The van der Waals surface area contributed by atoms with Crippen LogP contribution >= 0.6 is 0 Å². The van der Waals surface area contributed by atoms with E-state index in [2.05, 4.69) is 93.7 Å². The zero-order valence-corrected chi connectivity index (χ0v) is 45.6. The van der Waals surface area contributed by atoms with E-state index in [0.29, 0.717) is 19.3 Å². The van der Waals surface area contributed by atoms with Crippen molar-refractivity contribution in [3.05, 3.63) is 72.9 Å². The summed E-state index contributed by atoms with van der Waals surface area (Å²) in [5.41, 5.74) is 0. The van der Waals surface area contributed by atoms with Crippen LogP contribution in [0.15, 0.2) is 72.9 Å². The van der Waals surface area contributed by atoms with E-state index in [0.717, 1.165) is 109 Å². The highest BCUT2D eigenvalue weighted by molar-refractivity contribution is 5.71. The van der Waals surface area contributed by atoms with Gasteiger partial charge < -0.3 is 14.2 Å². The number of rotatable bonds is 53. The molecule has 0 rings (SSSR count). The van der Waals surface area contributed by atoms with Gasteiger partial charge in [0.1, 0.15) is 13.2 Å². The Labute approximate surface area is 427 Å². The maximum absolute atomic E-state index is 12.9. The average molecular weight is 964 g/mol. The van der Waals surface area contributed by atoms with Gasteiger partial charge in [0.2, 0.25) is 0 Å². The molecule has 0 N–H and O–H groups in total. The third kappa shape index (κ3) is 55.6. The lowest BCUT2D eigenvalue weighted by Crippen LogP contribution is -2.30. The monoisotopic (exact) mass is 963 g/mol. The summed E-state index contributed by atoms with van der Waals surface area (Å²) in [6.45, 7) is 6.50. The molecule has 0 aromatic carbocycles. The molecule has 0 saturated heterocycles. The molecule has 0 aliphatic rings. The van der Waals surface area contributed by atoms with Crippen LogP contribution < -0.4 is 0 Å². The fraction of sp³-hybridized carbons (Fsp3) is 0.762. The van der Waals surface area contributed by atoms with Crippen molar-refractivity contribution >= 4 is 17.9 Å². The van der Waals surface area contributed by atoms with Gasteiger partial charge in [-0.3, -0.25) is 14.4 Å². The molecule has 0 aliphatic carbocycles. The molecule has 398 valence electrons.